The Balaban J connectivity index is 1.51. The summed E-state index contributed by atoms with van der Waals surface area (Å²) in [5.41, 5.74) is 3.62. The maximum atomic E-state index is 13.3. The van der Waals surface area contributed by atoms with Crippen molar-refractivity contribution in [3.05, 3.63) is 58.1 Å². The maximum Gasteiger partial charge on any atom is 0.354 e. The lowest BCUT2D eigenvalue weighted by Crippen LogP contribution is -2.33. The van der Waals surface area contributed by atoms with Crippen molar-refractivity contribution in [3.63, 3.8) is 0 Å². The monoisotopic (exact) mass is 482 g/mol. The number of rotatable bonds is 3. The quantitative estimate of drug-likeness (QED) is 0.525. The third-order valence-corrected chi connectivity index (χ3v) is 7.42. The number of urea groups is 1. The molecule has 178 valence electrons. The number of nitrogens with two attached hydrogens (primary N) is 1. The van der Waals surface area contributed by atoms with Crippen molar-refractivity contribution >= 4 is 21.6 Å². The number of fused-ring (bicyclic) bond motifs is 2. The number of aromatic nitrogens is 3. The minimum atomic E-state index is -3.61. The summed E-state index contributed by atoms with van der Waals surface area (Å²) in [6.45, 7) is 5.04. The van der Waals surface area contributed by atoms with Crippen LogP contribution < -0.4 is 20.8 Å². The van der Waals surface area contributed by atoms with E-state index in [1.54, 1.807) is 16.9 Å². The molecule has 2 aliphatic rings. The van der Waals surface area contributed by atoms with Crippen LogP contribution in [0.2, 0.25) is 0 Å². The number of hydrogen-bond donors (Lipinski definition) is 3. The number of nitrogens with one attached hydrogen (secondary N) is 2. The lowest BCUT2D eigenvalue weighted by Gasteiger charge is -2.30. The van der Waals surface area contributed by atoms with E-state index < -0.39 is 15.9 Å². The first-order chi connectivity index (χ1) is 16.1. The van der Waals surface area contributed by atoms with Gasteiger partial charge in [-0.15, -0.1) is 4.36 Å². The summed E-state index contributed by atoms with van der Waals surface area (Å²) in [7, 11) is -3.61. The van der Waals surface area contributed by atoms with E-state index in [9.17, 15) is 13.8 Å². The molecule has 3 heterocycles. The van der Waals surface area contributed by atoms with Crippen molar-refractivity contribution in [2.24, 2.45) is 14.9 Å². The minimum absolute atomic E-state index is 0.0891. The highest BCUT2D eigenvalue weighted by molar-refractivity contribution is 7.91. The standard InChI is InChI=1S/C23H26N6O4S/c1-23(2)12-29-21(33-13-23)18(11-26-29)34(24,32)28-22(31)27-20-16-5-3-4-14(16)6-7-17(20)15-8-9-25-19(30)10-15/h6-11H,3-5,12-13H2,1-2H3,(H,25,30)(H3,24,27,28,31,32)/t34-/m1/s1. The highest BCUT2D eigenvalue weighted by atomic mass is 32.2. The molecule has 1 atom stereocenters. The first-order valence-corrected chi connectivity index (χ1v) is 12.6. The number of aryl methyl sites for hydroxylation is 1. The Hall–Kier alpha value is -3.44. The van der Waals surface area contributed by atoms with E-state index in [0.717, 1.165) is 30.4 Å². The summed E-state index contributed by atoms with van der Waals surface area (Å²) in [5, 5.41) is 13.1. The van der Waals surface area contributed by atoms with Crippen LogP contribution in [0.4, 0.5) is 10.5 Å². The number of carbonyl (C=O) groups excluding carboxylic acids is 1. The third kappa shape index (κ3) is 4.12. The largest absolute Gasteiger partial charge is 0.476 e. The summed E-state index contributed by atoms with van der Waals surface area (Å²) in [6.07, 6.45) is 5.53. The van der Waals surface area contributed by atoms with Crippen LogP contribution >= 0.6 is 0 Å². The second-order valence-corrected chi connectivity index (χ2v) is 11.2. The van der Waals surface area contributed by atoms with Crippen LogP contribution in [-0.4, -0.2) is 31.6 Å². The van der Waals surface area contributed by atoms with Crippen molar-refractivity contribution in [2.75, 3.05) is 11.9 Å². The molecule has 11 heteroatoms. The highest BCUT2D eigenvalue weighted by Gasteiger charge is 2.32. The van der Waals surface area contributed by atoms with E-state index in [1.165, 1.54) is 12.3 Å². The Labute approximate surface area is 196 Å². The zero-order valence-electron chi connectivity index (χ0n) is 19.0. The Morgan fingerprint density at radius 2 is 2.15 bits per heavy atom. The first-order valence-electron chi connectivity index (χ1n) is 11.0. The maximum absolute atomic E-state index is 13.3. The van der Waals surface area contributed by atoms with Crippen LogP contribution in [0, 0.1) is 5.41 Å². The van der Waals surface area contributed by atoms with Gasteiger partial charge < -0.3 is 15.0 Å². The number of ether oxygens (including phenoxy) is 1. The van der Waals surface area contributed by atoms with Crippen molar-refractivity contribution in [2.45, 2.75) is 44.6 Å². The summed E-state index contributed by atoms with van der Waals surface area (Å²) in [4.78, 5) is 27.5. The number of aromatic amines is 1. The molecule has 0 fully saturated rings. The van der Waals surface area contributed by atoms with Crippen LogP contribution in [0.25, 0.3) is 11.1 Å². The van der Waals surface area contributed by atoms with Gasteiger partial charge in [0.15, 0.2) is 9.92 Å². The van der Waals surface area contributed by atoms with Crippen LogP contribution in [0.1, 0.15) is 31.4 Å². The number of nitrogens with zero attached hydrogens (tertiary/aromatic N) is 3. The summed E-state index contributed by atoms with van der Waals surface area (Å²) in [6, 6.07) is 6.27. The Bertz CT molecular complexity index is 1480. The number of pyridine rings is 1. The summed E-state index contributed by atoms with van der Waals surface area (Å²) >= 11 is 0. The Morgan fingerprint density at radius 1 is 1.32 bits per heavy atom. The van der Waals surface area contributed by atoms with Gasteiger partial charge in [0.05, 0.1) is 25.0 Å². The fourth-order valence-electron chi connectivity index (χ4n) is 4.49. The molecule has 34 heavy (non-hydrogen) atoms. The fourth-order valence-corrected chi connectivity index (χ4v) is 5.50. The SMILES string of the molecule is CC1(C)COc2c([S@](N)(=O)=NC(=O)Nc3c(-c4cc[nH]c(=O)c4)ccc4c3CCC4)cnn2C1. The van der Waals surface area contributed by atoms with Gasteiger partial charge in [0, 0.05) is 23.2 Å². The number of amides is 2. The molecule has 3 aromatic rings. The predicted octanol–water partition coefficient (Wildman–Crippen LogP) is 3.08. The second-order valence-electron chi connectivity index (χ2n) is 9.44. The van der Waals surface area contributed by atoms with Gasteiger partial charge in [-0.25, -0.2) is 18.8 Å². The minimum Gasteiger partial charge on any atom is -0.476 e. The van der Waals surface area contributed by atoms with Crippen molar-refractivity contribution in [1.82, 2.24) is 14.8 Å². The molecule has 4 N–H and O–H groups in total. The molecule has 5 rings (SSSR count). The molecule has 2 aromatic heterocycles. The molecule has 0 bridgehead atoms. The van der Waals surface area contributed by atoms with Crippen molar-refractivity contribution in [3.8, 4) is 17.0 Å². The second kappa shape index (κ2) is 8.10. The molecule has 10 nitrogen and oxygen atoms in total. The Kier molecular flexibility index (Phi) is 5.33. The van der Waals surface area contributed by atoms with Crippen LogP contribution in [-0.2, 0) is 29.3 Å². The van der Waals surface area contributed by atoms with E-state index in [4.69, 9.17) is 9.88 Å². The molecule has 1 aliphatic heterocycles. The molecule has 2 amide bonds. The lowest BCUT2D eigenvalue weighted by molar-refractivity contribution is 0.0972. The predicted molar refractivity (Wildman–Crippen MR) is 128 cm³/mol. The molecule has 0 unspecified atom stereocenters. The van der Waals surface area contributed by atoms with Crippen molar-refractivity contribution in [1.29, 1.82) is 0 Å². The summed E-state index contributed by atoms with van der Waals surface area (Å²) in [5.74, 6) is 0.271. The van der Waals surface area contributed by atoms with Gasteiger partial charge in [0.2, 0.25) is 11.4 Å². The number of benzene rings is 1. The number of H-pyrrole nitrogens is 1. The van der Waals surface area contributed by atoms with Gasteiger partial charge in [-0.05, 0) is 42.0 Å². The number of hydrogen-bond acceptors (Lipinski definition) is 5. The molecule has 1 aliphatic carbocycles. The lowest BCUT2D eigenvalue weighted by atomic mass is 9.94. The topological polar surface area (TPSA) is 144 Å². The molecular formula is C23H26N6O4S. The molecule has 0 saturated heterocycles. The average molecular weight is 483 g/mol. The zero-order chi connectivity index (χ0) is 24.1. The van der Waals surface area contributed by atoms with Gasteiger partial charge in [0.1, 0.15) is 4.90 Å². The molecular weight excluding hydrogens is 456 g/mol. The van der Waals surface area contributed by atoms with E-state index in [1.807, 2.05) is 26.0 Å². The van der Waals surface area contributed by atoms with Crippen LogP contribution in [0.15, 0.2) is 50.7 Å². The molecule has 0 spiro atoms. The molecule has 0 radical (unpaired) electrons. The smallest absolute Gasteiger partial charge is 0.354 e. The number of anilines is 1. The number of carbonyl (C=O) groups is 1. The van der Waals surface area contributed by atoms with E-state index in [-0.39, 0.29) is 21.7 Å². The highest BCUT2D eigenvalue weighted by Crippen LogP contribution is 2.37. The van der Waals surface area contributed by atoms with Crippen molar-refractivity contribution < 1.29 is 13.7 Å². The van der Waals surface area contributed by atoms with Gasteiger partial charge in [0.25, 0.3) is 0 Å². The van der Waals surface area contributed by atoms with E-state index in [2.05, 4.69) is 19.8 Å². The van der Waals surface area contributed by atoms with E-state index in [0.29, 0.717) is 30.0 Å². The summed E-state index contributed by atoms with van der Waals surface area (Å²) < 4.78 is 24.5. The third-order valence-electron chi connectivity index (χ3n) is 6.07. The normalized spacial score (nSPS) is 17.7. The molecule has 1 aromatic carbocycles. The van der Waals surface area contributed by atoms with Gasteiger partial charge >= 0.3 is 6.03 Å². The fraction of sp³-hybridized carbons (Fsp3) is 0.348. The van der Waals surface area contributed by atoms with Gasteiger partial charge in [-0.1, -0.05) is 26.0 Å². The first kappa shape index (κ1) is 22.4. The van der Waals surface area contributed by atoms with Gasteiger partial charge in [-0.2, -0.15) is 5.10 Å². The van der Waals surface area contributed by atoms with Crippen LogP contribution in [0.5, 0.6) is 5.88 Å². The van der Waals surface area contributed by atoms with E-state index >= 15 is 0 Å². The Morgan fingerprint density at radius 3 is 2.94 bits per heavy atom. The molecule has 0 saturated carbocycles. The zero-order valence-corrected chi connectivity index (χ0v) is 19.8. The average Bonchev–Trinajstić information content (AvgIpc) is 3.40. The van der Waals surface area contributed by atoms with Crippen LogP contribution in [0.3, 0.4) is 0 Å². The van der Waals surface area contributed by atoms with Gasteiger partial charge in [-0.3, -0.25) is 4.79 Å².